The van der Waals surface area contributed by atoms with E-state index in [1.54, 1.807) is 0 Å². The minimum absolute atomic E-state index is 0.425. The number of aliphatic carboxylic acids is 1. The molecule has 2 atom stereocenters. The number of Topliss-reactive ketones (excluding diaryl/α,β-unsaturated/α-hetero) is 1. The molecule has 2 aliphatic heterocycles. The summed E-state index contributed by atoms with van der Waals surface area (Å²) in [5, 5.41) is 7.12. The highest BCUT2D eigenvalue weighted by atomic mass is 19.4. The van der Waals surface area contributed by atoms with Crippen molar-refractivity contribution in [3.05, 3.63) is 29.8 Å². The lowest BCUT2D eigenvalue weighted by Gasteiger charge is -2.28. The summed E-state index contributed by atoms with van der Waals surface area (Å²) in [6.45, 7) is 5.98. The van der Waals surface area contributed by atoms with Gasteiger partial charge in [-0.2, -0.15) is 13.2 Å². The standard InChI is InChI=1S/C23H34N2O.C2HF3O2/c1-18-5-4-13-25(18)22-12-14-24(17-22)21-10-8-20(9-11-21)16-23(26)15-19-6-2-3-7-19;3-2(4,5)1(6)7/h8-11,18-19,22H,2-7,12-17H2,1H3;(H,6,7). The molecular formula is C25H35F3N2O3. The van der Waals surface area contributed by atoms with Crippen molar-refractivity contribution in [1.29, 1.82) is 0 Å². The Morgan fingerprint density at radius 1 is 1.00 bits per heavy atom. The number of carbonyl (C=O) groups is 2. The van der Waals surface area contributed by atoms with Crippen molar-refractivity contribution in [3.8, 4) is 0 Å². The summed E-state index contributed by atoms with van der Waals surface area (Å²) in [5.74, 6) is -1.67. The molecule has 3 fully saturated rings. The van der Waals surface area contributed by atoms with E-state index in [1.165, 1.54) is 62.7 Å². The molecule has 8 heteroatoms. The second-order valence-electron chi connectivity index (χ2n) is 9.66. The molecule has 0 amide bonds. The first-order valence-electron chi connectivity index (χ1n) is 12.0. The SMILES string of the molecule is CC1CCCN1C1CCN(c2ccc(CC(=O)CC3CCCC3)cc2)C1.O=C(O)C(F)(F)F. The number of ketones is 1. The summed E-state index contributed by atoms with van der Waals surface area (Å²) >= 11 is 0. The molecule has 2 heterocycles. The van der Waals surface area contributed by atoms with Crippen LogP contribution in [0.2, 0.25) is 0 Å². The molecule has 33 heavy (non-hydrogen) atoms. The summed E-state index contributed by atoms with van der Waals surface area (Å²) < 4.78 is 31.7. The van der Waals surface area contributed by atoms with Crippen molar-refractivity contribution in [2.75, 3.05) is 24.5 Å². The van der Waals surface area contributed by atoms with E-state index in [9.17, 15) is 18.0 Å². The number of hydrogen-bond acceptors (Lipinski definition) is 4. The fraction of sp³-hybridized carbons (Fsp3) is 0.680. The maximum absolute atomic E-state index is 12.3. The third-order valence-corrected chi connectivity index (χ3v) is 7.17. The van der Waals surface area contributed by atoms with Gasteiger partial charge in [-0.05, 0) is 56.3 Å². The highest BCUT2D eigenvalue weighted by molar-refractivity contribution is 5.81. The molecule has 0 spiro atoms. The van der Waals surface area contributed by atoms with Gasteiger partial charge in [0.1, 0.15) is 5.78 Å². The number of nitrogens with zero attached hydrogens (tertiary/aromatic N) is 2. The van der Waals surface area contributed by atoms with Crippen LogP contribution >= 0.6 is 0 Å². The van der Waals surface area contributed by atoms with Crippen LogP contribution in [0.15, 0.2) is 24.3 Å². The molecule has 5 nitrogen and oxygen atoms in total. The Bertz CT molecular complexity index is 791. The zero-order valence-corrected chi connectivity index (χ0v) is 19.3. The van der Waals surface area contributed by atoms with Gasteiger partial charge in [0.05, 0.1) is 0 Å². The van der Waals surface area contributed by atoms with Gasteiger partial charge in [-0.25, -0.2) is 4.79 Å². The minimum atomic E-state index is -5.08. The highest BCUT2D eigenvalue weighted by Crippen LogP contribution is 2.30. The zero-order chi connectivity index (χ0) is 24.0. The Labute approximate surface area is 193 Å². The molecule has 4 rings (SSSR count). The van der Waals surface area contributed by atoms with Gasteiger partial charge in [0.15, 0.2) is 0 Å². The van der Waals surface area contributed by atoms with Crippen molar-refractivity contribution in [2.24, 2.45) is 5.92 Å². The average Bonchev–Trinajstić information content (AvgIpc) is 3.50. The van der Waals surface area contributed by atoms with Gasteiger partial charge in [-0.15, -0.1) is 0 Å². The molecule has 2 saturated heterocycles. The quantitative estimate of drug-likeness (QED) is 0.631. The molecule has 184 valence electrons. The van der Waals surface area contributed by atoms with Crippen LogP contribution in [-0.2, 0) is 16.0 Å². The van der Waals surface area contributed by atoms with Gasteiger partial charge < -0.3 is 10.0 Å². The van der Waals surface area contributed by atoms with Crippen LogP contribution in [0.25, 0.3) is 0 Å². The third-order valence-electron chi connectivity index (χ3n) is 7.17. The normalized spacial score (nSPS) is 24.1. The van der Waals surface area contributed by atoms with Crippen molar-refractivity contribution in [2.45, 2.75) is 83.0 Å². The molecule has 0 bridgehead atoms. The van der Waals surface area contributed by atoms with E-state index in [4.69, 9.17) is 9.90 Å². The monoisotopic (exact) mass is 468 g/mol. The lowest BCUT2D eigenvalue weighted by atomic mass is 9.97. The number of likely N-dealkylation sites (tertiary alicyclic amines) is 1. The van der Waals surface area contributed by atoms with Gasteiger partial charge in [0.2, 0.25) is 0 Å². The van der Waals surface area contributed by atoms with Gasteiger partial charge in [-0.3, -0.25) is 9.69 Å². The molecular weight excluding hydrogens is 433 g/mol. The molecule has 1 aromatic carbocycles. The first-order valence-corrected chi connectivity index (χ1v) is 12.0. The summed E-state index contributed by atoms with van der Waals surface area (Å²) in [7, 11) is 0. The van der Waals surface area contributed by atoms with Gasteiger partial charge >= 0.3 is 12.1 Å². The van der Waals surface area contributed by atoms with E-state index in [0.29, 0.717) is 18.1 Å². The molecule has 1 saturated carbocycles. The number of carboxylic acids is 1. The fourth-order valence-electron chi connectivity index (χ4n) is 5.41. The van der Waals surface area contributed by atoms with E-state index in [-0.39, 0.29) is 0 Å². The lowest BCUT2D eigenvalue weighted by Crippen LogP contribution is -2.39. The van der Waals surface area contributed by atoms with Gasteiger partial charge in [0.25, 0.3) is 0 Å². The van der Waals surface area contributed by atoms with E-state index in [2.05, 4.69) is 41.0 Å². The largest absolute Gasteiger partial charge is 0.490 e. The van der Waals surface area contributed by atoms with E-state index in [0.717, 1.165) is 31.6 Å². The summed E-state index contributed by atoms with van der Waals surface area (Å²) in [6, 6.07) is 10.3. The molecule has 0 radical (unpaired) electrons. The predicted molar refractivity (Wildman–Crippen MR) is 121 cm³/mol. The summed E-state index contributed by atoms with van der Waals surface area (Å²) in [4.78, 5) is 26.5. The molecule has 2 unspecified atom stereocenters. The number of rotatable bonds is 6. The maximum atomic E-state index is 12.3. The fourth-order valence-corrected chi connectivity index (χ4v) is 5.41. The van der Waals surface area contributed by atoms with Gasteiger partial charge in [-0.1, -0.05) is 37.8 Å². The maximum Gasteiger partial charge on any atom is 0.490 e. The Hall–Kier alpha value is -2.09. The van der Waals surface area contributed by atoms with Crippen molar-refractivity contribution >= 4 is 17.4 Å². The Morgan fingerprint density at radius 2 is 1.64 bits per heavy atom. The zero-order valence-electron chi connectivity index (χ0n) is 19.3. The van der Waals surface area contributed by atoms with E-state index >= 15 is 0 Å². The Morgan fingerprint density at radius 3 is 2.18 bits per heavy atom. The van der Waals surface area contributed by atoms with Crippen LogP contribution in [0.1, 0.15) is 63.9 Å². The summed E-state index contributed by atoms with van der Waals surface area (Å²) in [6.07, 6.45) is 5.49. The predicted octanol–water partition coefficient (Wildman–Crippen LogP) is 5.07. The molecule has 3 aliphatic rings. The molecule has 1 aliphatic carbocycles. The number of hydrogen-bond donors (Lipinski definition) is 1. The number of halogens is 3. The van der Waals surface area contributed by atoms with Crippen LogP contribution in [0, 0.1) is 5.92 Å². The number of carbonyl (C=O) groups excluding carboxylic acids is 1. The molecule has 1 N–H and O–H groups in total. The van der Waals surface area contributed by atoms with Crippen molar-refractivity contribution < 1.29 is 27.9 Å². The van der Waals surface area contributed by atoms with Crippen LogP contribution in [-0.4, -0.2) is 59.7 Å². The van der Waals surface area contributed by atoms with Crippen molar-refractivity contribution in [3.63, 3.8) is 0 Å². The van der Waals surface area contributed by atoms with Crippen LogP contribution < -0.4 is 4.90 Å². The van der Waals surface area contributed by atoms with E-state index < -0.39 is 12.1 Å². The third kappa shape index (κ3) is 7.45. The van der Waals surface area contributed by atoms with Crippen LogP contribution in [0.3, 0.4) is 0 Å². The number of carboxylic acid groups (broad SMARTS) is 1. The Kier molecular flexibility index (Phi) is 8.79. The smallest absolute Gasteiger partial charge is 0.475 e. The molecule has 1 aromatic rings. The molecule has 0 aromatic heterocycles. The Balaban J connectivity index is 0.000000383. The number of alkyl halides is 3. The van der Waals surface area contributed by atoms with Crippen molar-refractivity contribution in [1.82, 2.24) is 4.90 Å². The number of anilines is 1. The first kappa shape index (κ1) is 25.5. The topological polar surface area (TPSA) is 60.9 Å². The number of benzene rings is 1. The second-order valence-corrected chi connectivity index (χ2v) is 9.66. The first-order chi connectivity index (χ1) is 15.6. The van der Waals surface area contributed by atoms with Crippen LogP contribution in [0.4, 0.5) is 18.9 Å². The highest BCUT2D eigenvalue weighted by Gasteiger charge is 2.38. The summed E-state index contributed by atoms with van der Waals surface area (Å²) in [5.41, 5.74) is 2.51. The van der Waals surface area contributed by atoms with Crippen LogP contribution in [0.5, 0.6) is 0 Å². The minimum Gasteiger partial charge on any atom is -0.475 e. The van der Waals surface area contributed by atoms with E-state index in [1.807, 2.05) is 0 Å². The average molecular weight is 469 g/mol. The lowest BCUT2D eigenvalue weighted by molar-refractivity contribution is -0.192. The van der Waals surface area contributed by atoms with Gasteiger partial charge in [0, 0.05) is 43.7 Å². The second kappa shape index (κ2) is 11.4.